The molecule has 166 valence electrons. The quantitative estimate of drug-likeness (QED) is 0.496. The molecule has 8 nitrogen and oxygen atoms in total. The van der Waals surface area contributed by atoms with Gasteiger partial charge in [-0.25, -0.2) is 19.5 Å². The van der Waals surface area contributed by atoms with Gasteiger partial charge in [0.15, 0.2) is 0 Å². The maximum absolute atomic E-state index is 5.41. The summed E-state index contributed by atoms with van der Waals surface area (Å²) in [4.78, 5) is 15.7. The lowest BCUT2D eigenvalue weighted by Crippen LogP contribution is -2.40. The smallest absolute Gasteiger partial charge is 0.241 e. The molecule has 1 aliphatic heterocycles. The number of methoxy groups -OCH3 is 1. The molecule has 4 heterocycles. The van der Waals surface area contributed by atoms with Gasteiger partial charge in [-0.15, -0.1) is 5.10 Å². The van der Waals surface area contributed by atoms with E-state index in [4.69, 9.17) is 9.84 Å². The van der Waals surface area contributed by atoms with E-state index in [1.54, 1.807) is 7.11 Å². The lowest BCUT2D eigenvalue weighted by molar-refractivity contribution is 0.197. The van der Waals surface area contributed by atoms with E-state index in [2.05, 4.69) is 57.2 Å². The highest BCUT2D eigenvalue weighted by molar-refractivity contribution is 5.91. The lowest BCUT2D eigenvalue weighted by atomic mass is 10.0. The lowest BCUT2D eigenvalue weighted by Gasteiger charge is -2.33. The Balaban J connectivity index is 1.35. The summed E-state index contributed by atoms with van der Waals surface area (Å²) < 4.78 is 7.30. The Morgan fingerprint density at radius 3 is 2.75 bits per heavy atom. The van der Waals surface area contributed by atoms with Crippen molar-refractivity contribution in [3.63, 3.8) is 0 Å². The second-order valence-electron chi connectivity index (χ2n) is 8.87. The number of hydrogen-bond acceptors (Lipinski definition) is 7. The van der Waals surface area contributed by atoms with Gasteiger partial charge in [0.05, 0.1) is 29.7 Å². The zero-order chi connectivity index (χ0) is 22.1. The average Bonchev–Trinajstić information content (AvgIpc) is 3.22. The first-order valence-corrected chi connectivity index (χ1v) is 11.2. The van der Waals surface area contributed by atoms with Crippen LogP contribution in [-0.2, 0) is 0 Å². The Bertz CT molecular complexity index is 1230. The van der Waals surface area contributed by atoms with Crippen molar-refractivity contribution < 1.29 is 4.74 Å². The summed E-state index contributed by atoms with van der Waals surface area (Å²) in [6, 6.07) is 8.58. The number of nitrogens with zero attached hydrogens (tertiary/aromatic N) is 6. The van der Waals surface area contributed by atoms with Crippen LogP contribution in [0.4, 0.5) is 5.95 Å². The SMILES string of the molecule is COc1ncnc2ccc(-c3ccn4nc(NC5CCN(CC(C)C)CC5)ncc34)cc12. The zero-order valence-electron chi connectivity index (χ0n) is 18.8. The Morgan fingerprint density at radius 2 is 1.97 bits per heavy atom. The van der Waals surface area contributed by atoms with E-state index < -0.39 is 0 Å². The van der Waals surface area contributed by atoms with Crippen LogP contribution in [0.2, 0.25) is 0 Å². The van der Waals surface area contributed by atoms with Gasteiger partial charge in [-0.3, -0.25) is 0 Å². The van der Waals surface area contributed by atoms with Crippen LogP contribution in [0.1, 0.15) is 26.7 Å². The molecule has 4 aromatic rings. The highest BCUT2D eigenvalue weighted by atomic mass is 16.5. The van der Waals surface area contributed by atoms with Crippen LogP contribution in [0.15, 0.2) is 43.0 Å². The molecule has 32 heavy (non-hydrogen) atoms. The maximum atomic E-state index is 5.41. The van der Waals surface area contributed by atoms with Crippen molar-refractivity contribution in [2.75, 3.05) is 32.1 Å². The topological polar surface area (TPSA) is 80.5 Å². The third-order valence-electron chi connectivity index (χ3n) is 6.06. The molecule has 1 saturated heterocycles. The van der Waals surface area contributed by atoms with Gasteiger partial charge >= 0.3 is 0 Å². The van der Waals surface area contributed by atoms with Crippen LogP contribution in [0.25, 0.3) is 27.5 Å². The fraction of sp³-hybridized carbons (Fsp3) is 0.417. The molecule has 0 unspecified atom stereocenters. The predicted molar refractivity (Wildman–Crippen MR) is 126 cm³/mol. The summed E-state index contributed by atoms with van der Waals surface area (Å²) in [5.74, 6) is 1.96. The molecule has 3 aromatic heterocycles. The van der Waals surface area contributed by atoms with Crippen LogP contribution in [0.5, 0.6) is 5.88 Å². The molecule has 0 amide bonds. The van der Waals surface area contributed by atoms with Crippen LogP contribution < -0.4 is 10.1 Å². The van der Waals surface area contributed by atoms with Gasteiger partial charge in [0.2, 0.25) is 11.8 Å². The number of nitrogens with one attached hydrogen (secondary N) is 1. The number of piperidine rings is 1. The van der Waals surface area contributed by atoms with Gasteiger partial charge in [-0.1, -0.05) is 19.9 Å². The van der Waals surface area contributed by atoms with Crippen molar-refractivity contribution in [1.82, 2.24) is 29.5 Å². The number of anilines is 1. The van der Waals surface area contributed by atoms with E-state index in [0.29, 0.717) is 23.8 Å². The van der Waals surface area contributed by atoms with Gasteiger partial charge in [-0.05, 0) is 42.5 Å². The molecule has 0 saturated carbocycles. The van der Waals surface area contributed by atoms with E-state index in [0.717, 1.165) is 53.5 Å². The summed E-state index contributed by atoms with van der Waals surface area (Å²) in [6.07, 6.45) is 7.62. The summed E-state index contributed by atoms with van der Waals surface area (Å²) >= 11 is 0. The van der Waals surface area contributed by atoms with E-state index in [1.165, 1.54) is 12.9 Å². The summed E-state index contributed by atoms with van der Waals surface area (Å²) in [5, 5.41) is 9.13. The van der Waals surface area contributed by atoms with E-state index >= 15 is 0 Å². The standard InChI is InChI=1S/C24H29N7O/c1-16(2)14-30-9-6-18(7-10-30)28-24-25-13-22-19(8-11-31(22)29-24)17-4-5-21-20(12-17)23(32-3)27-15-26-21/h4-5,8,11-13,15-16,18H,6-7,9-10,14H2,1-3H3,(H,28,29). The Hall–Kier alpha value is -3.26. The summed E-state index contributed by atoms with van der Waals surface area (Å²) in [6.45, 7) is 7.98. The van der Waals surface area contributed by atoms with Crippen molar-refractivity contribution in [2.24, 2.45) is 5.92 Å². The number of ether oxygens (including phenoxy) is 1. The van der Waals surface area contributed by atoms with Crippen LogP contribution in [0, 0.1) is 5.92 Å². The van der Waals surface area contributed by atoms with Gasteiger partial charge in [-0.2, -0.15) is 0 Å². The second kappa shape index (κ2) is 8.70. The molecule has 0 atom stereocenters. The first-order chi connectivity index (χ1) is 15.6. The Kier molecular flexibility index (Phi) is 5.61. The first-order valence-electron chi connectivity index (χ1n) is 11.2. The molecule has 0 aliphatic carbocycles. The molecule has 8 heteroatoms. The maximum Gasteiger partial charge on any atom is 0.241 e. The molecule has 1 fully saturated rings. The summed E-state index contributed by atoms with van der Waals surface area (Å²) in [7, 11) is 1.62. The largest absolute Gasteiger partial charge is 0.480 e. The van der Waals surface area contributed by atoms with Crippen molar-refractivity contribution in [3.05, 3.63) is 43.0 Å². The average molecular weight is 432 g/mol. The van der Waals surface area contributed by atoms with Crippen molar-refractivity contribution >= 4 is 22.4 Å². The Morgan fingerprint density at radius 1 is 1.12 bits per heavy atom. The fourth-order valence-electron chi connectivity index (χ4n) is 4.53. The monoisotopic (exact) mass is 431 g/mol. The number of hydrogen-bond donors (Lipinski definition) is 1. The summed E-state index contributed by atoms with van der Waals surface area (Å²) in [5.41, 5.74) is 3.92. The highest BCUT2D eigenvalue weighted by Crippen LogP contribution is 2.30. The normalized spacial score (nSPS) is 15.6. The molecule has 0 bridgehead atoms. The molecule has 0 radical (unpaired) electrons. The van der Waals surface area contributed by atoms with Gasteiger partial charge in [0.25, 0.3) is 0 Å². The third-order valence-corrected chi connectivity index (χ3v) is 6.06. The first kappa shape index (κ1) is 20.6. The predicted octanol–water partition coefficient (Wildman–Crippen LogP) is 3.88. The molecule has 1 aromatic carbocycles. The van der Waals surface area contributed by atoms with Crippen LogP contribution in [-0.4, -0.2) is 62.3 Å². The third kappa shape index (κ3) is 4.10. The number of aromatic nitrogens is 5. The highest BCUT2D eigenvalue weighted by Gasteiger charge is 2.20. The van der Waals surface area contributed by atoms with Crippen molar-refractivity contribution in [1.29, 1.82) is 0 Å². The van der Waals surface area contributed by atoms with Crippen LogP contribution in [0.3, 0.4) is 0 Å². The zero-order valence-corrected chi connectivity index (χ0v) is 18.8. The number of rotatable bonds is 6. The Labute approximate surface area is 187 Å². The minimum Gasteiger partial charge on any atom is -0.480 e. The number of fused-ring (bicyclic) bond motifs is 2. The van der Waals surface area contributed by atoms with Crippen LogP contribution >= 0.6 is 0 Å². The second-order valence-corrected chi connectivity index (χ2v) is 8.87. The van der Waals surface area contributed by atoms with Crippen molar-refractivity contribution in [2.45, 2.75) is 32.7 Å². The van der Waals surface area contributed by atoms with Gasteiger partial charge in [0, 0.05) is 37.4 Å². The van der Waals surface area contributed by atoms with Crippen molar-refractivity contribution in [3.8, 4) is 17.0 Å². The number of benzene rings is 1. The number of likely N-dealkylation sites (tertiary alicyclic amines) is 1. The molecule has 1 N–H and O–H groups in total. The molecular formula is C24H29N7O. The molecular weight excluding hydrogens is 402 g/mol. The minimum absolute atomic E-state index is 0.416. The van der Waals surface area contributed by atoms with Gasteiger partial charge in [0.1, 0.15) is 6.33 Å². The van der Waals surface area contributed by atoms with E-state index in [1.807, 2.05) is 23.0 Å². The molecule has 0 spiro atoms. The van der Waals surface area contributed by atoms with Gasteiger partial charge < -0.3 is 15.0 Å². The molecule has 5 rings (SSSR count). The molecule has 1 aliphatic rings. The minimum atomic E-state index is 0.416. The van der Waals surface area contributed by atoms with E-state index in [-0.39, 0.29) is 0 Å². The van der Waals surface area contributed by atoms with E-state index in [9.17, 15) is 0 Å². The fourth-order valence-corrected chi connectivity index (χ4v) is 4.53.